The second kappa shape index (κ2) is 15.3. The number of hydrogen-bond donors (Lipinski definition) is 4. The molecule has 16 heteroatoms. The number of fused-ring (bicyclic) bond motifs is 1. The highest BCUT2D eigenvalue weighted by atomic mass is 32.2. The van der Waals surface area contributed by atoms with Crippen molar-refractivity contribution in [3.05, 3.63) is 46.8 Å². The molecule has 288 valence electrons. The summed E-state index contributed by atoms with van der Waals surface area (Å²) in [6.07, 6.45) is 8.50. The molecular weight excluding hydrogens is 712 g/mol. The third kappa shape index (κ3) is 7.38. The largest absolute Gasteiger partial charge is 0.389 e. The highest BCUT2D eigenvalue weighted by Crippen LogP contribution is 2.55. The second-order valence-electron chi connectivity index (χ2n) is 15.4. The van der Waals surface area contributed by atoms with Gasteiger partial charge in [-0.3, -0.25) is 39.7 Å². The first kappa shape index (κ1) is 37.0. The molecule has 8 rings (SSSR count). The standard InChI is InChI=1S/C38H49FN10O4S/c1-40-34-28(38(11-12-38)36(52)44-34)19-41-22-42-30-9-15-48(21-29(30)39)54-26-4-6-32(50)25(17-26)20-47-13-7-23(8-14-47)24-3-5-27-31(18-24)46(2)45-35(27)49-16-10-33(51)43-37(49)53/h3,5,17-19,23,26,29-30,32,42,50H,1,4,6-16,20-22H2,2H3,(H,44,52)(H,43,51,53)/b41-19-/t26?,29?,30?,32-/m0/s1. The van der Waals surface area contributed by atoms with E-state index in [4.69, 9.17) is 0 Å². The lowest BCUT2D eigenvalue weighted by Crippen LogP contribution is -2.49. The molecule has 0 radical (unpaired) electrons. The molecule has 4 aliphatic heterocycles. The van der Waals surface area contributed by atoms with E-state index in [1.165, 1.54) is 10.5 Å². The van der Waals surface area contributed by atoms with Gasteiger partial charge in [0, 0.05) is 68.1 Å². The van der Waals surface area contributed by atoms with E-state index in [-0.39, 0.29) is 36.2 Å². The number of rotatable bonds is 11. The lowest BCUT2D eigenvalue weighted by molar-refractivity contribution is -0.123. The van der Waals surface area contributed by atoms with Gasteiger partial charge in [-0.2, -0.15) is 5.10 Å². The first-order valence-electron chi connectivity index (χ1n) is 19.1. The average molecular weight is 761 g/mol. The van der Waals surface area contributed by atoms with Crippen LogP contribution in [0.15, 0.2) is 51.2 Å². The Labute approximate surface area is 318 Å². The third-order valence-electron chi connectivity index (χ3n) is 12.0. The molecule has 5 heterocycles. The van der Waals surface area contributed by atoms with E-state index in [0.717, 1.165) is 80.3 Å². The number of imide groups is 1. The number of urea groups is 1. The Kier molecular flexibility index (Phi) is 10.5. The van der Waals surface area contributed by atoms with Gasteiger partial charge < -0.3 is 10.4 Å². The van der Waals surface area contributed by atoms with Gasteiger partial charge in [-0.05, 0) is 93.9 Å². The number of carbonyl (C=O) groups is 3. The van der Waals surface area contributed by atoms with Crippen molar-refractivity contribution in [3.8, 4) is 0 Å². The predicted octanol–water partition coefficient (Wildman–Crippen LogP) is 3.15. The number of nitrogens with zero attached hydrogens (tertiary/aromatic N) is 7. The number of aromatic nitrogens is 2. The summed E-state index contributed by atoms with van der Waals surface area (Å²) in [4.78, 5) is 48.8. The van der Waals surface area contributed by atoms with Crippen molar-refractivity contribution in [2.45, 2.75) is 80.9 Å². The van der Waals surface area contributed by atoms with E-state index in [1.54, 1.807) is 22.8 Å². The van der Waals surface area contributed by atoms with Crippen LogP contribution < -0.4 is 20.9 Å². The van der Waals surface area contributed by atoms with Gasteiger partial charge in [-0.1, -0.05) is 24.1 Å². The first-order valence-corrected chi connectivity index (χ1v) is 20.0. The van der Waals surface area contributed by atoms with Crippen LogP contribution >= 0.6 is 11.9 Å². The molecule has 2 aliphatic carbocycles. The van der Waals surface area contributed by atoms with Crippen LogP contribution in [0.25, 0.3) is 10.9 Å². The van der Waals surface area contributed by atoms with E-state index >= 15 is 4.39 Å². The fraction of sp³-hybridized carbons (Fsp3) is 0.579. The topological polar surface area (TPSA) is 160 Å². The molecule has 4 atom stereocenters. The Morgan fingerprint density at radius 1 is 1.11 bits per heavy atom. The first-order chi connectivity index (χ1) is 26.1. The normalized spacial score (nSPS) is 28.3. The van der Waals surface area contributed by atoms with Crippen molar-refractivity contribution in [3.63, 3.8) is 0 Å². The van der Waals surface area contributed by atoms with Crippen LogP contribution in [0.1, 0.15) is 62.8 Å². The lowest BCUT2D eigenvalue weighted by atomic mass is 9.88. The molecule has 14 nitrogen and oxygen atoms in total. The summed E-state index contributed by atoms with van der Waals surface area (Å²) in [5.74, 6) is 1.14. The van der Waals surface area contributed by atoms with E-state index in [9.17, 15) is 19.5 Å². The maximum absolute atomic E-state index is 15.3. The molecule has 3 unspecified atom stereocenters. The average Bonchev–Trinajstić information content (AvgIpc) is 3.84. The van der Waals surface area contributed by atoms with Crippen LogP contribution in [-0.4, -0.2) is 124 Å². The summed E-state index contributed by atoms with van der Waals surface area (Å²) in [5, 5.41) is 25.1. The molecule has 4 N–H and O–H groups in total. The number of aliphatic imine (C=N–C) groups is 2. The van der Waals surface area contributed by atoms with Crippen LogP contribution in [0.5, 0.6) is 0 Å². The zero-order valence-electron chi connectivity index (χ0n) is 30.7. The molecule has 0 bridgehead atoms. The van der Waals surface area contributed by atoms with E-state index in [2.05, 4.69) is 65.2 Å². The zero-order valence-corrected chi connectivity index (χ0v) is 31.5. The fourth-order valence-electron chi connectivity index (χ4n) is 8.61. The number of benzene rings is 1. The van der Waals surface area contributed by atoms with Crippen molar-refractivity contribution >= 4 is 59.4 Å². The second-order valence-corrected chi connectivity index (χ2v) is 16.8. The Morgan fingerprint density at radius 2 is 1.93 bits per heavy atom. The molecule has 4 fully saturated rings. The summed E-state index contributed by atoms with van der Waals surface area (Å²) >= 11 is 1.70. The zero-order chi connectivity index (χ0) is 37.6. The Balaban J connectivity index is 0.805. The minimum atomic E-state index is -1.03. The van der Waals surface area contributed by atoms with Crippen LogP contribution in [-0.2, 0) is 16.6 Å². The summed E-state index contributed by atoms with van der Waals surface area (Å²) in [6, 6.07) is 5.64. The minimum absolute atomic E-state index is 0.0382. The number of aryl methyl sites for hydroxylation is 1. The monoisotopic (exact) mass is 760 g/mol. The van der Waals surface area contributed by atoms with Gasteiger partial charge in [0.05, 0.1) is 23.7 Å². The summed E-state index contributed by atoms with van der Waals surface area (Å²) in [5.41, 5.74) is 3.55. The van der Waals surface area contributed by atoms with E-state index in [1.807, 2.05) is 13.1 Å². The number of halogens is 1. The van der Waals surface area contributed by atoms with Crippen LogP contribution in [0.4, 0.5) is 15.0 Å². The number of carbonyl (C=O) groups excluding carboxylic acids is 3. The number of anilines is 1. The smallest absolute Gasteiger partial charge is 0.329 e. The van der Waals surface area contributed by atoms with Crippen molar-refractivity contribution in [1.29, 1.82) is 0 Å². The molecular formula is C38H49FN10O4S. The highest BCUT2D eigenvalue weighted by Gasteiger charge is 2.57. The highest BCUT2D eigenvalue weighted by molar-refractivity contribution is 7.97. The Bertz CT molecular complexity index is 1920. The van der Waals surface area contributed by atoms with Crippen molar-refractivity contribution < 1.29 is 23.9 Å². The number of alkyl halides is 1. The molecule has 1 saturated carbocycles. The molecule has 6 aliphatic rings. The SMILES string of the molecule is C=NC1=C(/C=N\CNC2CCN(SC3C=C(CN4CCC(c5ccc6c(N7CCC(=O)NC7=O)nn(C)c6c5)CC4)[C@@H](O)CC3)CC2F)C2(CC2)C(=O)N1. The number of aliphatic hydroxyl groups is 1. The van der Waals surface area contributed by atoms with Gasteiger partial charge in [0.2, 0.25) is 11.8 Å². The van der Waals surface area contributed by atoms with Gasteiger partial charge in [0.15, 0.2) is 5.82 Å². The quantitative estimate of drug-likeness (QED) is 0.153. The summed E-state index contributed by atoms with van der Waals surface area (Å²) in [6.45, 7) is 7.83. The number of aliphatic hydroxyl groups excluding tert-OH is 1. The van der Waals surface area contributed by atoms with Gasteiger partial charge in [-0.15, -0.1) is 0 Å². The number of hydrogen-bond acceptors (Lipinski definition) is 11. The maximum atomic E-state index is 15.3. The third-order valence-corrected chi connectivity index (χ3v) is 13.3. The fourth-order valence-corrected chi connectivity index (χ4v) is 9.91. The molecule has 1 aromatic carbocycles. The number of piperidine rings is 2. The number of amides is 4. The van der Waals surface area contributed by atoms with Crippen molar-refractivity contribution in [2.24, 2.45) is 22.4 Å². The van der Waals surface area contributed by atoms with Gasteiger partial charge in [0.1, 0.15) is 12.0 Å². The number of nitrogens with one attached hydrogen (secondary N) is 3. The molecule has 1 spiro atoms. The summed E-state index contributed by atoms with van der Waals surface area (Å²) < 4.78 is 19.3. The van der Waals surface area contributed by atoms with Crippen molar-refractivity contribution in [1.82, 2.24) is 34.9 Å². The van der Waals surface area contributed by atoms with E-state index in [0.29, 0.717) is 43.5 Å². The Hall–Kier alpha value is -3.96. The van der Waals surface area contributed by atoms with Gasteiger partial charge >= 0.3 is 6.03 Å². The van der Waals surface area contributed by atoms with Crippen molar-refractivity contribution in [2.75, 3.05) is 50.8 Å². The predicted molar refractivity (Wildman–Crippen MR) is 207 cm³/mol. The molecule has 54 heavy (non-hydrogen) atoms. The minimum Gasteiger partial charge on any atom is -0.389 e. The van der Waals surface area contributed by atoms with Gasteiger partial charge in [-0.25, -0.2) is 18.5 Å². The number of likely N-dealkylation sites (tertiary alicyclic amines) is 1. The Morgan fingerprint density at radius 3 is 2.67 bits per heavy atom. The molecule has 3 saturated heterocycles. The van der Waals surface area contributed by atoms with Crippen LogP contribution in [0, 0.1) is 5.41 Å². The molecule has 1 aromatic heterocycles. The van der Waals surface area contributed by atoms with Crippen LogP contribution in [0.2, 0.25) is 0 Å². The maximum Gasteiger partial charge on any atom is 0.329 e. The lowest BCUT2D eigenvalue weighted by Gasteiger charge is -2.37. The van der Waals surface area contributed by atoms with Crippen LogP contribution in [0.3, 0.4) is 0 Å². The van der Waals surface area contributed by atoms with E-state index < -0.39 is 23.7 Å². The molecule has 4 amide bonds. The van der Waals surface area contributed by atoms with Gasteiger partial charge in [0.25, 0.3) is 0 Å². The molecule has 2 aromatic rings. The summed E-state index contributed by atoms with van der Waals surface area (Å²) in [7, 11) is 1.88.